The molecule has 1 aliphatic heterocycles. The van der Waals surface area contributed by atoms with Crippen LogP contribution < -0.4 is 5.32 Å². The molecule has 0 atom stereocenters. The fourth-order valence-corrected chi connectivity index (χ4v) is 2.47. The Balaban J connectivity index is 2.84. The summed E-state index contributed by atoms with van der Waals surface area (Å²) in [6.07, 6.45) is 4.56. The van der Waals surface area contributed by atoms with E-state index in [1.807, 2.05) is 0 Å². The minimum Gasteiger partial charge on any atom is -0.354 e. The van der Waals surface area contributed by atoms with Gasteiger partial charge >= 0.3 is 0 Å². The third-order valence-electron chi connectivity index (χ3n) is 4.24. The third-order valence-corrected chi connectivity index (χ3v) is 4.24. The molecule has 16 heavy (non-hydrogen) atoms. The highest BCUT2D eigenvalue weighted by Gasteiger charge is 2.49. The third kappa shape index (κ3) is 2.60. The van der Waals surface area contributed by atoms with Crippen molar-refractivity contribution < 1.29 is 4.74 Å². The fraction of sp³-hybridized carbons (Fsp3) is 1.00. The molecule has 1 fully saturated rings. The van der Waals surface area contributed by atoms with E-state index in [4.69, 9.17) is 4.74 Å². The van der Waals surface area contributed by atoms with Crippen LogP contribution in [0.5, 0.6) is 0 Å². The maximum atomic E-state index is 6.45. The van der Waals surface area contributed by atoms with E-state index < -0.39 is 0 Å². The summed E-state index contributed by atoms with van der Waals surface area (Å²) in [4.78, 5) is 0. The van der Waals surface area contributed by atoms with Crippen molar-refractivity contribution >= 4 is 0 Å². The highest BCUT2D eigenvalue weighted by Crippen LogP contribution is 2.42. The lowest BCUT2D eigenvalue weighted by Gasteiger charge is -2.54. The highest BCUT2D eigenvalue weighted by atomic mass is 16.5. The van der Waals surface area contributed by atoms with E-state index in [0.717, 1.165) is 19.4 Å². The summed E-state index contributed by atoms with van der Waals surface area (Å²) >= 11 is 0. The maximum Gasteiger partial charge on any atom is 0.119 e. The SMILES string of the molecule is CCCC1(CCC)NCC(C)(C)C(C)(C)O1. The van der Waals surface area contributed by atoms with Gasteiger partial charge in [0.05, 0.1) is 5.60 Å². The zero-order valence-corrected chi connectivity index (χ0v) is 11.9. The van der Waals surface area contributed by atoms with Crippen LogP contribution >= 0.6 is 0 Å². The van der Waals surface area contributed by atoms with Crippen molar-refractivity contribution in [3.8, 4) is 0 Å². The summed E-state index contributed by atoms with van der Waals surface area (Å²) in [5.41, 5.74) is 0.0586. The molecular weight excluding hydrogens is 198 g/mol. The van der Waals surface area contributed by atoms with Gasteiger partial charge in [0.1, 0.15) is 5.72 Å². The summed E-state index contributed by atoms with van der Waals surface area (Å²) in [5.74, 6) is 0. The first-order chi connectivity index (χ1) is 7.29. The van der Waals surface area contributed by atoms with E-state index in [1.165, 1.54) is 12.8 Å². The van der Waals surface area contributed by atoms with Crippen LogP contribution in [0.15, 0.2) is 0 Å². The highest BCUT2D eigenvalue weighted by molar-refractivity contribution is 4.98. The second-order valence-corrected chi connectivity index (χ2v) is 6.34. The molecule has 2 heteroatoms. The van der Waals surface area contributed by atoms with Crippen molar-refractivity contribution in [1.29, 1.82) is 0 Å². The zero-order chi connectivity index (χ0) is 12.4. The van der Waals surface area contributed by atoms with Gasteiger partial charge in [0, 0.05) is 12.0 Å². The Kier molecular flexibility index (Phi) is 4.07. The Morgan fingerprint density at radius 3 is 1.88 bits per heavy atom. The minimum atomic E-state index is -0.0808. The van der Waals surface area contributed by atoms with Crippen molar-refractivity contribution in [3.63, 3.8) is 0 Å². The molecule has 1 heterocycles. The van der Waals surface area contributed by atoms with Crippen molar-refractivity contribution in [2.75, 3.05) is 6.54 Å². The molecule has 0 aliphatic carbocycles. The average Bonchev–Trinajstić information content (AvgIpc) is 2.13. The lowest BCUT2D eigenvalue weighted by molar-refractivity contribution is -0.241. The average molecular weight is 227 g/mol. The van der Waals surface area contributed by atoms with Gasteiger partial charge in [-0.15, -0.1) is 0 Å². The topological polar surface area (TPSA) is 21.3 Å². The van der Waals surface area contributed by atoms with Gasteiger partial charge < -0.3 is 4.74 Å². The van der Waals surface area contributed by atoms with Crippen LogP contribution in [0, 0.1) is 5.41 Å². The number of hydrogen-bond acceptors (Lipinski definition) is 2. The standard InChI is InChI=1S/C14H29NO/c1-7-9-14(10-8-2)15-11-12(3,4)13(5,6)16-14/h15H,7-11H2,1-6H3. The number of rotatable bonds is 4. The van der Waals surface area contributed by atoms with Gasteiger partial charge in [-0.05, 0) is 26.7 Å². The maximum absolute atomic E-state index is 6.45. The minimum absolute atomic E-state index is 0.0530. The lowest BCUT2D eigenvalue weighted by Crippen LogP contribution is -2.65. The normalized spacial score (nSPS) is 26.6. The molecule has 1 saturated heterocycles. The van der Waals surface area contributed by atoms with E-state index in [0.29, 0.717) is 0 Å². The zero-order valence-electron chi connectivity index (χ0n) is 11.9. The summed E-state index contributed by atoms with van der Waals surface area (Å²) < 4.78 is 6.45. The molecule has 1 rings (SSSR count). The van der Waals surface area contributed by atoms with Gasteiger partial charge in [0.2, 0.25) is 0 Å². The van der Waals surface area contributed by atoms with E-state index in [9.17, 15) is 0 Å². The van der Waals surface area contributed by atoms with Gasteiger partial charge in [-0.2, -0.15) is 0 Å². The first-order valence-corrected chi connectivity index (χ1v) is 6.74. The number of nitrogens with one attached hydrogen (secondary N) is 1. The van der Waals surface area contributed by atoms with Gasteiger partial charge in [0.15, 0.2) is 0 Å². The van der Waals surface area contributed by atoms with Crippen LogP contribution in [0.2, 0.25) is 0 Å². The molecule has 0 aromatic rings. The Hall–Kier alpha value is -0.0800. The van der Waals surface area contributed by atoms with Gasteiger partial charge in [-0.25, -0.2) is 0 Å². The largest absolute Gasteiger partial charge is 0.354 e. The van der Waals surface area contributed by atoms with Crippen molar-refractivity contribution in [2.45, 2.75) is 78.6 Å². The lowest BCUT2D eigenvalue weighted by atomic mass is 9.74. The predicted molar refractivity (Wildman–Crippen MR) is 69.5 cm³/mol. The Morgan fingerprint density at radius 2 is 1.50 bits per heavy atom. The fourth-order valence-electron chi connectivity index (χ4n) is 2.47. The van der Waals surface area contributed by atoms with Crippen molar-refractivity contribution in [3.05, 3.63) is 0 Å². The quantitative estimate of drug-likeness (QED) is 0.790. The molecule has 1 aliphatic rings. The van der Waals surface area contributed by atoms with Crippen molar-refractivity contribution in [2.24, 2.45) is 5.41 Å². The molecule has 0 unspecified atom stereocenters. The van der Waals surface area contributed by atoms with E-state index in [1.54, 1.807) is 0 Å². The van der Waals surface area contributed by atoms with Crippen LogP contribution in [-0.4, -0.2) is 17.9 Å². The number of hydrogen-bond donors (Lipinski definition) is 1. The van der Waals surface area contributed by atoms with Crippen LogP contribution in [0.25, 0.3) is 0 Å². The van der Waals surface area contributed by atoms with Gasteiger partial charge in [0.25, 0.3) is 0 Å². The Labute approximate surface area is 101 Å². The van der Waals surface area contributed by atoms with Crippen LogP contribution in [-0.2, 0) is 4.74 Å². The molecule has 0 aromatic heterocycles. The molecule has 0 bridgehead atoms. The van der Waals surface area contributed by atoms with Crippen molar-refractivity contribution in [1.82, 2.24) is 5.32 Å². The molecule has 0 amide bonds. The van der Waals surface area contributed by atoms with E-state index in [2.05, 4.69) is 46.9 Å². The summed E-state index contributed by atoms with van der Waals surface area (Å²) in [6, 6.07) is 0. The second-order valence-electron chi connectivity index (χ2n) is 6.34. The Bertz CT molecular complexity index is 227. The summed E-state index contributed by atoms with van der Waals surface area (Å²) in [5, 5.41) is 3.66. The summed E-state index contributed by atoms with van der Waals surface area (Å²) in [6.45, 7) is 14.5. The Morgan fingerprint density at radius 1 is 1.00 bits per heavy atom. The van der Waals surface area contributed by atoms with Gasteiger partial charge in [-0.1, -0.05) is 40.5 Å². The first-order valence-electron chi connectivity index (χ1n) is 6.74. The van der Waals surface area contributed by atoms with Gasteiger partial charge in [-0.3, -0.25) is 5.32 Å². The van der Waals surface area contributed by atoms with Crippen LogP contribution in [0.4, 0.5) is 0 Å². The smallest absolute Gasteiger partial charge is 0.119 e. The number of ether oxygens (including phenoxy) is 1. The second kappa shape index (κ2) is 4.66. The molecule has 0 radical (unpaired) electrons. The molecule has 0 spiro atoms. The molecule has 2 nitrogen and oxygen atoms in total. The molecule has 96 valence electrons. The van der Waals surface area contributed by atoms with Crippen LogP contribution in [0.3, 0.4) is 0 Å². The monoisotopic (exact) mass is 227 g/mol. The van der Waals surface area contributed by atoms with Crippen LogP contribution in [0.1, 0.15) is 67.2 Å². The molecule has 1 N–H and O–H groups in total. The van der Waals surface area contributed by atoms with E-state index >= 15 is 0 Å². The summed E-state index contributed by atoms with van der Waals surface area (Å²) in [7, 11) is 0. The molecule has 0 saturated carbocycles. The molecule has 0 aromatic carbocycles. The van der Waals surface area contributed by atoms with E-state index in [-0.39, 0.29) is 16.7 Å². The molecular formula is C14H29NO. The first kappa shape index (κ1) is 14.0. The predicted octanol–water partition coefficient (Wildman–Crippen LogP) is 3.71.